The zero-order valence-corrected chi connectivity index (χ0v) is 15.0. The van der Waals surface area contributed by atoms with E-state index in [0.717, 1.165) is 27.6 Å². The molecule has 0 radical (unpaired) electrons. The normalized spacial score (nSPS) is 13.2. The fraction of sp³-hybridized carbons (Fsp3) is 0.0417. The van der Waals surface area contributed by atoms with Crippen LogP contribution in [0.15, 0.2) is 85.1 Å². The van der Waals surface area contributed by atoms with Gasteiger partial charge in [-0.1, -0.05) is 60.7 Å². The molecule has 0 unspecified atom stereocenters. The van der Waals surface area contributed by atoms with Crippen molar-refractivity contribution in [1.82, 2.24) is 9.88 Å². The van der Waals surface area contributed by atoms with Gasteiger partial charge in [0, 0.05) is 11.6 Å². The maximum atomic E-state index is 12.8. The van der Waals surface area contributed by atoms with E-state index in [1.165, 1.54) is 4.90 Å². The van der Waals surface area contributed by atoms with E-state index < -0.39 is 0 Å². The van der Waals surface area contributed by atoms with Gasteiger partial charge in [-0.15, -0.1) is 0 Å². The second-order valence-corrected chi connectivity index (χ2v) is 6.78. The van der Waals surface area contributed by atoms with E-state index in [1.54, 1.807) is 30.5 Å². The fourth-order valence-corrected chi connectivity index (χ4v) is 3.80. The monoisotopic (exact) mass is 364 g/mol. The summed E-state index contributed by atoms with van der Waals surface area (Å²) < 4.78 is 0. The first-order valence-electron chi connectivity index (χ1n) is 9.11. The molecule has 1 aliphatic rings. The number of nitrogens with zero attached hydrogens (tertiary/aromatic N) is 2. The molecule has 134 valence electrons. The van der Waals surface area contributed by atoms with Gasteiger partial charge in [-0.3, -0.25) is 19.5 Å². The van der Waals surface area contributed by atoms with E-state index in [1.807, 2.05) is 54.6 Å². The van der Waals surface area contributed by atoms with Crippen LogP contribution in [0.5, 0.6) is 0 Å². The van der Waals surface area contributed by atoms with Crippen molar-refractivity contribution in [1.29, 1.82) is 0 Å². The number of rotatable bonds is 3. The molecule has 28 heavy (non-hydrogen) atoms. The number of aromatic nitrogens is 1. The summed E-state index contributed by atoms with van der Waals surface area (Å²) in [6, 6.07) is 24.9. The highest BCUT2D eigenvalue weighted by Crippen LogP contribution is 2.33. The van der Waals surface area contributed by atoms with Crippen LogP contribution in [0, 0.1) is 0 Å². The zero-order valence-electron chi connectivity index (χ0n) is 15.0. The van der Waals surface area contributed by atoms with Crippen LogP contribution in [0.1, 0.15) is 26.3 Å². The minimum atomic E-state index is -0.257. The van der Waals surface area contributed by atoms with E-state index >= 15 is 0 Å². The number of hydrogen-bond acceptors (Lipinski definition) is 3. The number of carbonyl (C=O) groups is 2. The number of fused-ring (bicyclic) bond motifs is 2. The van der Waals surface area contributed by atoms with Crippen LogP contribution in [0.3, 0.4) is 0 Å². The van der Waals surface area contributed by atoms with Gasteiger partial charge in [0.2, 0.25) is 0 Å². The number of benzene rings is 3. The molecule has 1 aromatic heterocycles. The van der Waals surface area contributed by atoms with Crippen LogP contribution in [-0.2, 0) is 6.54 Å². The number of amides is 2. The maximum Gasteiger partial charge on any atom is 0.261 e. The molecule has 4 nitrogen and oxygen atoms in total. The van der Waals surface area contributed by atoms with E-state index in [-0.39, 0.29) is 18.4 Å². The quantitative estimate of drug-likeness (QED) is 0.495. The van der Waals surface area contributed by atoms with Crippen LogP contribution in [-0.4, -0.2) is 21.7 Å². The van der Waals surface area contributed by atoms with Crippen molar-refractivity contribution in [3.05, 3.63) is 102 Å². The Hall–Kier alpha value is -3.79. The van der Waals surface area contributed by atoms with Gasteiger partial charge >= 0.3 is 0 Å². The average molecular weight is 364 g/mol. The predicted molar refractivity (Wildman–Crippen MR) is 108 cm³/mol. The summed E-state index contributed by atoms with van der Waals surface area (Å²) in [7, 11) is 0. The van der Waals surface area contributed by atoms with Crippen LogP contribution < -0.4 is 0 Å². The molecular formula is C24H16N2O2. The van der Waals surface area contributed by atoms with Gasteiger partial charge in [0.25, 0.3) is 11.8 Å². The Kier molecular flexibility index (Phi) is 3.76. The largest absolute Gasteiger partial charge is 0.270 e. The second-order valence-electron chi connectivity index (χ2n) is 6.78. The third-order valence-electron chi connectivity index (χ3n) is 5.12. The molecule has 0 aliphatic carbocycles. The molecule has 0 saturated carbocycles. The van der Waals surface area contributed by atoms with E-state index in [2.05, 4.69) is 4.98 Å². The summed E-state index contributed by atoms with van der Waals surface area (Å²) in [6.07, 6.45) is 1.77. The average Bonchev–Trinajstić information content (AvgIpc) is 2.99. The number of hydrogen-bond donors (Lipinski definition) is 0. The highest BCUT2D eigenvalue weighted by molar-refractivity contribution is 6.21. The molecular weight excluding hydrogens is 348 g/mol. The summed E-state index contributed by atoms with van der Waals surface area (Å²) >= 11 is 0. The Bertz CT molecular complexity index is 1200. The molecule has 0 fully saturated rings. The molecule has 0 bridgehead atoms. The highest BCUT2D eigenvalue weighted by atomic mass is 16.2. The minimum Gasteiger partial charge on any atom is -0.270 e. The van der Waals surface area contributed by atoms with Gasteiger partial charge in [0.05, 0.1) is 23.2 Å². The molecule has 2 heterocycles. The molecule has 1 aliphatic heterocycles. The van der Waals surface area contributed by atoms with Gasteiger partial charge in [-0.05, 0) is 34.9 Å². The Morgan fingerprint density at radius 1 is 0.714 bits per heavy atom. The van der Waals surface area contributed by atoms with Crippen molar-refractivity contribution in [2.45, 2.75) is 6.54 Å². The molecule has 0 spiro atoms. The van der Waals surface area contributed by atoms with Gasteiger partial charge < -0.3 is 0 Å². The number of para-hydroxylation sites is 1. The van der Waals surface area contributed by atoms with Crippen molar-refractivity contribution < 1.29 is 9.59 Å². The van der Waals surface area contributed by atoms with Gasteiger partial charge in [-0.25, -0.2) is 0 Å². The number of imide groups is 1. The second kappa shape index (κ2) is 6.43. The molecule has 3 aromatic carbocycles. The standard InChI is InChI=1S/C24H16N2O2/c27-23-18-10-4-5-11-19(18)24(28)26(23)15-17-14-25-21-13-7-6-12-20(21)22(17)16-8-2-1-3-9-16/h1-14H,15H2. The van der Waals surface area contributed by atoms with Crippen LogP contribution >= 0.6 is 0 Å². The van der Waals surface area contributed by atoms with E-state index in [0.29, 0.717) is 11.1 Å². The van der Waals surface area contributed by atoms with Gasteiger partial charge in [0.15, 0.2) is 0 Å². The van der Waals surface area contributed by atoms with Crippen LogP contribution in [0.4, 0.5) is 0 Å². The first-order valence-corrected chi connectivity index (χ1v) is 9.11. The SMILES string of the molecule is O=C1c2ccccc2C(=O)N1Cc1cnc2ccccc2c1-c1ccccc1. The Labute approximate surface area is 162 Å². The lowest BCUT2D eigenvalue weighted by Gasteiger charge is -2.18. The third kappa shape index (κ3) is 2.50. The third-order valence-corrected chi connectivity index (χ3v) is 5.12. The summed E-state index contributed by atoms with van der Waals surface area (Å²) in [5, 5.41) is 1.00. The van der Waals surface area contributed by atoms with Crippen LogP contribution in [0.25, 0.3) is 22.0 Å². The van der Waals surface area contributed by atoms with Gasteiger partial charge in [0.1, 0.15) is 0 Å². The van der Waals surface area contributed by atoms with Crippen molar-refractivity contribution in [3.63, 3.8) is 0 Å². The molecule has 0 saturated heterocycles. The lowest BCUT2D eigenvalue weighted by molar-refractivity contribution is 0.0642. The Morgan fingerprint density at radius 3 is 2.04 bits per heavy atom. The zero-order chi connectivity index (χ0) is 19.1. The molecule has 4 heteroatoms. The van der Waals surface area contributed by atoms with Crippen molar-refractivity contribution in [2.24, 2.45) is 0 Å². The lowest BCUT2D eigenvalue weighted by Crippen LogP contribution is -2.29. The molecule has 5 rings (SSSR count). The molecule has 2 amide bonds. The minimum absolute atomic E-state index is 0.189. The summed E-state index contributed by atoms with van der Waals surface area (Å²) in [5.41, 5.74) is 4.69. The van der Waals surface area contributed by atoms with Crippen molar-refractivity contribution >= 4 is 22.7 Å². The van der Waals surface area contributed by atoms with Gasteiger partial charge in [-0.2, -0.15) is 0 Å². The summed E-state index contributed by atoms with van der Waals surface area (Å²) in [5.74, 6) is -0.513. The van der Waals surface area contributed by atoms with E-state index in [4.69, 9.17) is 0 Å². The van der Waals surface area contributed by atoms with Crippen molar-refractivity contribution in [2.75, 3.05) is 0 Å². The first-order chi connectivity index (χ1) is 13.7. The summed E-state index contributed by atoms with van der Waals surface area (Å²) in [6.45, 7) is 0.189. The maximum absolute atomic E-state index is 12.8. The Morgan fingerprint density at radius 2 is 1.32 bits per heavy atom. The fourth-order valence-electron chi connectivity index (χ4n) is 3.80. The number of carbonyl (C=O) groups excluding carboxylic acids is 2. The first kappa shape index (κ1) is 16.4. The van der Waals surface area contributed by atoms with Crippen molar-refractivity contribution in [3.8, 4) is 11.1 Å². The Balaban J connectivity index is 1.65. The smallest absolute Gasteiger partial charge is 0.261 e. The summed E-state index contributed by atoms with van der Waals surface area (Å²) in [4.78, 5) is 31.5. The molecule has 0 atom stereocenters. The topological polar surface area (TPSA) is 50.3 Å². The lowest BCUT2D eigenvalue weighted by atomic mass is 9.96. The highest BCUT2D eigenvalue weighted by Gasteiger charge is 2.35. The van der Waals surface area contributed by atoms with Crippen LogP contribution in [0.2, 0.25) is 0 Å². The predicted octanol–water partition coefficient (Wildman–Crippen LogP) is 4.70. The van der Waals surface area contributed by atoms with E-state index in [9.17, 15) is 9.59 Å². The number of pyridine rings is 1. The molecule has 0 N–H and O–H groups in total. The molecule has 4 aromatic rings.